The second-order valence-corrected chi connectivity index (χ2v) is 9.85. The summed E-state index contributed by atoms with van der Waals surface area (Å²) in [5.41, 5.74) is 0.744. The first kappa shape index (κ1) is 25.8. The number of rotatable bonds is 11. The minimum absolute atomic E-state index is 0.104. The molecule has 2 aromatic rings. The Kier molecular flexibility index (Phi) is 9.68. The Morgan fingerprint density at radius 2 is 1.69 bits per heavy atom. The monoisotopic (exact) mass is 479 g/mol. The summed E-state index contributed by atoms with van der Waals surface area (Å²) in [6.07, 6.45) is 0.870. The molecule has 9 heteroatoms. The van der Waals surface area contributed by atoms with Crippen molar-refractivity contribution in [1.29, 1.82) is 0 Å². The SMILES string of the molecule is CC[C@@H](C(=O)NC)N(Cc1ccccc1Cl)C(=O)CCCN(C)S(=O)(=O)c1ccccc1. The van der Waals surface area contributed by atoms with Crippen molar-refractivity contribution in [2.45, 2.75) is 43.7 Å². The summed E-state index contributed by atoms with van der Waals surface area (Å²) >= 11 is 6.28. The van der Waals surface area contributed by atoms with E-state index in [0.29, 0.717) is 17.9 Å². The maximum Gasteiger partial charge on any atom is 0.242 e. The molecule has 174 valence electrons. The standard InChI is InChI=1S/C23H30ClN3O4S/c1-4-21(23(29)25-2)27(17-18-11-8-9-14-20(18)24)22(28)15-10-16-26(3)32(30,31)19-12-6-5-7-13-19/h5-9,11-14,21H,4,10,15-17H2,1-3H3,(H,25,29)/t21-/m0/s1. The average molecular weight is 480 g/mol. The number of benzene rings is 2. The fraction of sp³-hybridized carbons (Fsp3) is 0.391. The van der Waals surface area contributed by atoms with Crippen LogP contribution in [0.5, 0.6) is 0 Å². The Labute approximate surface area is 195 Å². The summed E-state index contributed by atoms with van der Waals surface area (Å²) in [7, 11) is -0.595. The van der Waals surface area contributed by atoms with Crippen LogP contribution in [0.4, 0.5) is 0 Å². The number of hydrogen-bond acceptors (Lipinski definition) is 4. The highest BCUT2D eigenvalue weighted by atomic mass is 35.5. The minimum Gasteiger partial charge on any atom is -0.357 e. The molecule has 0 aromatic heterocycles. The van der Waals surface area contributed by atoms with Crippen molar-refractivity contribution in [2.24, 2.45) is 0 Å². The Morgan fingerprint density at radius 1 is 1.06 bits per heavy atom. The molecular weight excluding hydrogens is 450 g/mol. The maximum absolute atomic E-state index is 13.1. The van der Waals surface area contributed by atoms with Crippen LogP contribution in [-0.4, -0.2) is 56.1 Å². The molecule has 2 rings (SSSR count). The number of carbonyl (C=O) groups excluding carboxylic acids is 2. The number of nitrogens with zero attached hydrogens (tertiary/aromatic N) is 2. The van der Waals surface area contributed by atoms with Crippen LogP contribution in [0.25, 0.3) is 0 Å². The lowest BCUT2D eigenvalue weighted by Crippen LogP contribution is -2.48. The third-order valence-corrected chi connectivity index (χ3v) is 7.49. The van der Waals surface area contributed by atoms with Crippen LogP contribution in [0.1, 0.15) is 31.7 Å². The Balaban J connectivity index is 2.10. The molecular formula is C23H30ClN3O4S. The Morgan fingerprint density at radius 3 is 2.28 bits per heavy atom. The molecule has 0 radical (unpaired) electrons. The molecule has 0 bridgehead atoms. The lowest BCUT2D eigenvalue weighted by molar-refractivity contribution is -0.141. The van der Waals surface area contributed by atoms with Gasteiger partial charge in [0.2, 0.25) is 21.8 Å². The van der Waals surface area contributed by atoms with Crippen LogP contribution in [-0.2, 0) is 26.2 Å². The van der Waals surface area contributed by atoms with Gasteiger partial charge >= 0.3 is 0 Å². The van der Waals surface area contributed by atoms with Gasteiger partial charge in [-0.15, -0.1) is 0 Å². The summed E-state index contributed by atoms with van der Waals surface area (Å²) in [5, 5.41) is 3.13. The number of sulfonamides is 1. The van der Waals surface area contributed by atoms with Gasteiger partial charge < -0.3 is 10.2 Å². The zero-order chi connectivity index (χ0) is 23.7. The largest absolute Gasteiger partial charge is 0.357 e. The summed E-state index contributed by atoms with van der Waals surface area (Å²) in [6.45, 7) is 2.22. The van der Waals surface area contributed by atoms with E-state index in [4.69, 9.17) is 11.6 Å². The molecule has 7 nitrogen and oxygen atoms in total. The van der Waals surface area contributed by atoms with Gasteiger partial charge in [-0.2, -0.15) is 0 Å². The van der Waals surface area contributed by atoms with Crippen LogP contribution >= 0.6 is 11.6 Å². The van der Waals surface area contributed by atoms with Crippen LogP contribution < -0.4 is 5.32 Å². The smallest absolute Gasteiger partial charge is 0.242 e. The van der Waals surface area contributed by atoms with E-state index in [1.807, 2.05) is 19.1 Å². The average Bonchev–Trinajstić information content (AvgIpc) is 2.80. The molecule has 0 heterocycles. The maximum atomic E-state index is 13.1. The van der Waals surface area contributed by atoms with Gasteiger partial charge in [0.25, 0.3) is 0 Å². The molecule has 1 N–H and O–H groups in total. The van der Waals surface area contributed by atoms with Gasteiger partial charge in [-0.1, -0.05) is 54.9 Å². The van der Waals surface area contributed by atoms with E-state index in [0.717, 1.165) is 5.56 Å². The number of amides is 2. The number of halogens is 1. The predicted molar refractivity (Wildman–Crippen MR) is 126 cm³/mol. The van der Waals surface area contributed by atoms with E-state index in [2.05, 4.69) is 5.32 Å². The van der Waals surface area contributed by atoms with Crippen LogP contribution in [0.15, 0.2) is 59.5 Å². The molecule has 2 amide bonds. The van der Waals surface area contributed by atoms with Crippen molar-refractivity contribution in [1.82, 2.24) is 14.5 Å². The summed E-state index contributed by atoms with van der Waals surface area (Å²) in [5.74, 6) is -0.484. The van der Waals surface area contributed by atoms with Crippen molar-refractivity contribution < 1.29 is 18.0 Å². The van der Waals surface area contributed by atoms with Gasteiger partial charge in [-0.3, -0.25) is 9.59 Å². The van der Waals surface area contributed by atoms with Crippen molar-refractivity contribution in [3.8, 4) is 0 Å². The van der Waals surface area contributed by atoms with Crippen molar-refractivity contribution in [2.75, 3.05) is 20.6 Å². The number of nitrogens with one attached hydrogen (secondary N) is 1. The molecule has 0 aliphatic carbocycles. The molecule has 32 heavy (non-hydrogen) atoms. The zero-order valence-corrected chi connectivity index (χ0v) is 20.2. The van der Waals surface area contributed by atoms with Crippen molar-refractivity contribution >= 4 is 33.4 Å². The number of likely N-dealkylation sites (N-methyl/N-ethyl adjacent to an activating group) is 1. The normalized spacial score (nSPS) is 12.4. The summed E-state index contributed by atoms with van der Waals surface area (Å²) in [4.78, 5) is 27.3. The molecule has 0 saturated carbocycles. The van der Waals surface area contributed by atoms with Gasteiger partial charge in [-0.25, -0.2) is 12.7 Å². The van der Waals surface area contributed by atoms with Gasteiger partial charge in [0.05, 0.1) is 4.90 Å². The van der Waals surface area contributed by atoms with E-state index >= 15 is 0 Å². The molecule has 1 atom stereocenters. The molecule has 0 fully saturated rings. The zero-order valence-electron chi connectivity index (χ0n) is 18.6. The van der Waals surface area contributed by atoms with E-state index in [1.54, 1.807) is 30.3 Å². The number of hydrogen-bond donors (Lipinski definition) is 1. The van der Waals surface area contributed by atoms with E-state index in [9.17, 15) is 18.0 Å². The quantitative estimate of drug-likeness (QED) is 0.535. The Bertz CT molecular complexity index is 1010. The fourth-order valence-corrected chi connectivity index (χ4v) is 4.81. The van der Waals surface area contributed by atoms with Crippen molar-refractivity contribution in [3.05, 3.63) is 65.2 Å². The second kappa shape index (κ2) is 12.0. The van der Waals surface area contributed by atoms with Crippen LogP contribution in [0.3, 0.4) is 0 Å². The van der Waals surface area contributed by atoms with Gasteiger partial charge in [-0.05, 0) is 36.6 Å². The second-order valence-electron chi connectivity index (χ2n) is 7.39. The Hall–Kier alpha value is -2.42. The third kappa shape index (κ3) is 6.54. The molecule has 0 unspecified atom stereocenters. The molecule has 2 aromatic carbocycles. The van der Waals surface area contributed by atoms with E-state index in [-0.39, 0.29) is 36.2 Å². The van der Waals surface area contributed by atoms with E-state index < -0.39 is 16.1 Å². The number of carbonyl (C=O) groups is 2. The van der Waals surface area contributed by atoms with Gasteiger partial charge in [0.15, 0.2) is 0 Å². The van der Waals surface area contributed by atoms with E-state index in [1.165, 1.54) is 35.4 Å². The lowest BCUT2D eigenvalue weighted by Gasteiger charge is -2.30. The molecule has 0 aliphatic rings. The van der Waals surface area contributed by atoms with Crippen LogP contribution in [0.2, 0.25) is 5.02 Å². The molecule has 0 aliphatic heterocycles. The lowest BCUT2D eigenvalue weighted by atomic mass is 10.1. The van der Waals surface area contributed by atoms with Gasteiger partial charge in [0, 0.05) is 38.6 Å². The summed E-state index contributed by atoms with van der Waals surface area (Å²) in [6, 6.07) is 14.7. The predicted octanol–water partition coefficient (Wildman–Crippen LogP) is 3.29. The highest BCUT2D eigenvalue weighted by Gasteiger charge is 2.28. The van der Waals surface area contributed by atoms with Gasteiger partial charge in [0.1, 0.15) is 6.04 Å². The third-order valence-electron chi connectivity index (χ3n) is 5.25. The minimum atomic E-state index is -3.62. The highest BCUT2D eigenvalue weighted by molar-refractivity contribution is 7.89. The molecule has 0 saturated heterocycles. The fourth-order valence-electron chi connectivity index (χ4n) is 3.39. The van der Waals surface area contributed by atoms with Crippen molar-refractivity contribution in [3.63, 3.8) is 0 Å². The highest BCUT2D eigenvalue weighted by Crippen LogP contribution is 2.21. The molecule has 0 spiro atoms. The first-order valence-corrected chi connectivity index (χ1v) is 12.3. The van der Waals surface area contributed by atoms with Crippen LogP contribution in [0, 0.1) is 0 Å². The summed E-state index contributed by atoms with van der Waals surface area (Å²) < 4.78 is 26.6. The first-order chi connectivity index (χ1) is 15.2. The first-order valence-electron chi connectivity index (χ1n) is 10.5. The topological polar surface area (TPSA) is 86.8 Å².